The quantitative estimate of drug-likeness (QED) is 0.336. The third kappa shape index (κ3) is 4.61. The second-order valence-electron chi connectivity index (χ2n) is 8.74. The van der Waals surface area contributed by atoms with E-state index in [4.69, 9.17) is 0 Å². The van der Waals surface area contributed by atoms with Crippen molar-refractivity contribution in [1.29, 1.82) is 0 Å². The highest BCUT2D eigenvalue weighted by Gasteiger charge is 2.22. The van der Waals surface area contributed by atoms with Crippen LogP contribution < -0.4 is 16.6 Å². The Balaban J connectivity index is 1.69. The summed E-state index contributed by atoms with van der Waals surface area (Å²) < 4.78 is 2.59. The van der Waals surface area contributed by atoms with Gasteiger partial charge in [0.1, 0.15) is 16.2 Å². The Morgan fingerprint density at radius 3 is 2.47 bits per heavy atom. The van der Waals surface area contributed by atoms with Gasteiger partial charge in [0.15, 0.2) is 5.65 Å². The van der Waals surface area contributed by atoms with Crippen molar-refractivity contribution in [1.82, 2.24) is 19.1 Å². The predicted molar refractivity (Wildman–Crippen MR) is 137 cm³/mol. The normalized spacial score (nSPS) is 12.4. The van der Waals surface area contributed by atoms with Crippen molar-refractivity contribution in [3.63, 3.8) is 0 Å². The molecule has 34 heavy (non-hydrogen) atoms. The molecule has 0 fully saturated rings. The summed E-state index contributed by atoms with van der Waals surface area (Å²) >= 11 is 1.18. The van der Waals surface area contributed by atoms with Crippen LogP contribution in [0.15, 0.2) is 57.1 Å². The molecule has 2 heterocycles. The zero-order valence-electron chi connectivity index (χ0n) is 19.8. The number of anilines is 1. The Morgan fingerprint density at radius 2 is 1.76 bits per heavy atom. The lowest BCUT2D eigenvalue weighted by molar-refractivity contribution is -0.115. The Morgan fingerprint density at radius 1 is 1.06 bits per heavy atom. The molecule has 0 aliphatic carbocycles. The van der Waals surface area contributed by atoms with Crippen molar-refractivity contribution >= 4 is 45.2 Å². The summed E-state index contributed by atoms with van der Waals surface area (Å²) in [7, 11) is 1.45. The zero-order chi connectivity index (χ0) is 24.6. The second kappa shape index (κ2) is 9.42. The van der Waals surface area contributed by atoms with Crippen molar-refractivity contribution < 1.29 is 4.79 Å². The van der Waals surface area contributed by atoms with Crippen LogP contribution in [0.2, 0.25) is 0 Å². The average molecular weight is 478 g/mol. The highest BCUT2D eigenvalue weighted by atomic mass is 32.2. The van der Waals surface area contributed by atoms with Crippen molar-refractivity contribution in [3.8, 4) is 0 Å². The van der Waals surface area contributed by atoms with Gasteiger partial charge in [-0.25, -0.2) is 14.8 Å². The fourth-order valence-electron chi connectivity index (χ4n) is 3.79. The van der Waals surface area contributed by atoms with Gasteiger partial charge < -0.3 is 5.32 Å². The molecular formula is C25H27N5O3S. The van der Waals surface area contributed by atoms with E-state index in [2.05, 4.69) is 15.3 Å². The number of rotatable bonds is 6. The number of fused-ring (bicyclic) bond motifs is 2. The number of nitrogens with one attached hydrogen (secondary N) is 1. The lowest BCUT2D eigenvalue weighted by atomic mass is 10.1. The van der Waals surface area contributed by atoms with Gasteiger partial charge in [-0.3, -0.25) is 18.7 Å². The maximum Gasteiger partial charge on any atom is 0.332 e. The van der Waals surface area contributed by atoms with E-state index in [1.807, 2.05) is 56.3 Å². The molecular weight excluding hydrogens is 450 g/mol. The lowest BCUT2D eigenvalue weighted by Gasteiger charge is -2.17. The number of thioether (sulfide) groups is 1. The molecule has 0 saturated carbocycles. The average Bonchev–Trinajstić information content (AvgIpc) is 2.79. The van der Waals surface area contributed by atoms with E-state index in [1.54, 1.807) is 13.8 Å². The highest BCUT2D eigenvalue weighted by Crippen LogP contribution is 2.28. The molecule has 176 valence electrons. The van der Waals surface area contributed by atoms with Crippen LogP contribution >= 0.6 is 11.8 Å². The van der Waals surface area contributed by atoms with E-state index in [-0.39, 0.29) is 17.2 Å². The largest absolute Gasteiger partial charge is 0.332 e. The number of amides is 1. The molecule has 2 aromatic heterocycles. The molecule has 1 amide bonds. The van der Waals surface area contributed by atoms with Crippen molar-refractivity contribution in [2.24, 2.45) is 13.0 Å². The molecule has 1 atom stereocenters. The van der Waals surface area contributed by atoms with Crippen LogP contribution in [-0.4, -0.2) is 30.3 Å². The van der Waals surface area contributed by atoms with Crippen LogP contribution in [0.1, 0.15) is 26.6 Å². The first-order chi connectivity index (χ1) is 16.2. The van der Waals surface area contributed by atoms with Crippen molar-refractivity contribution in [3.05, 3.63) is 69.1 Å². The molecule has 8 nitrogen and oxygen atoms in total. The van der Waals surface area contributed by atoms with Crippen LogP contribution in [0, 0.1) is 12.8 Å². The summed E-state index contributed by atoms with van der Waals surface area (Å²) in [5, 5.41) is 5.17. The maximum absolute atomic E-state index is 13.0. The fraction of sp³-hybridized carbons (Fsp3) is 0.320. The van der Waals surface area contributed by atoms with Gasteiger partial charge in [0.25, 0.3) is 5.56 Å². The first-order valence-electron chi connectivity index (χ1n) is 11.1. The third-order valence-corrected chi connectivity index (χ3v) is 6.57. The van der Waals surface area contributed by atoms with Gasteiger partial charge in [-0.2, -0.15) is 0 Å². The van der Waals surface area contributed by atoms with E-state index in [0.29, 0.717) is 28.7 Å². The van der Waals surface area contributed by atoms with Gasteiger partial charge in [-0.1, -0.05) is 55.9 Å². The van der Waals surface area contributed by atoms with Crippen LogP contribution in [0.25, 0.3) is 21.8 Å². The summed E-state index contributed by atoms with van der Waals surface area (Å²) in [6, 6.07) is 13.7. The monoisotopic (exact) mass is 477 g/mol. The van der Waals surface area contributed by atoms with E-state index in [1.165, 1.54) is 23.4 Å². The smallest absolute Gasteiger partial charge is 0.325 e. The zero-order valence-corrected chi connectivity index (χ0v) is 20.6. The molecule has 0 bridgehead atoms. The minimum absolute atomic E-state index is 0.177. The van der Waals surface area contributed by atoms with Crippen molar-refractivity contribution in [2.45, 2.75) is 44.5 Å². The van der Waals surface area contributed by atoms with Gasteiger partial charge in [-0.15, -0.1) is 0 Å². The lowest BCUT2D eigenvalue weighted by Crippen LogP contribution is -2.39. The maximum atomic E-state index is 13.0. The predicted octanol–water partition coefficient (Wildman–Crippen LogP) is 3.73. The van der Waals surface area contributed by atoms with Gasteiger partial charge in [-0.05, 0) is 42.7 Å². The minimum atomic E-state index is -0.542. The molecule has 0 unspecified atom stereocenters. The van der Waals surface area contributed by atoms with Gasteiger partial charge in [0.05, 0.1) is 5.25 Å². The number of aryl methyl sites for hydroxylation is 1. The van der Waals surface area contributed by atoms with E-state index < -0.39 is 16.5 Å². The first-order valence-corrected chi connectivity index (χ1v) is 12.0. The van der Waals surface area contributed by atoms with Crippen LogP contribution in [0.4, 0.5) is 5.69 Å². The molecule has 0 aliphatic rings. The molecule has 0 radical (unpaired) electrons. The summed E-state index contributed by atoms with van der Waals surface area (Å²) in [5.74, 6) is 0.399. The van der Waals surface area contributed by atoms with E-state index >= 15 is 0 Å². The minimum Gasteiger partial charge on any atom is -0.325 e. The topological polar surface area (TPSA) is 98.9 Å². The van der Waals surface area contributed by atoms with Crippen LogP contribution in [0.5, 0.6) is 0 Å². The van der Waals surface area contributed by atoms with Gasteiger partial charge in [0, 0.05) is 19.3 Å². The number of nitrogens with zero attached hydrogens (tertiary/aromatic N) is 4. The molecule has 0 spiro atoms. The first kappa shape index (κ1) is 23.7. The highest BCUT2D eigenvalue weighted by molar-refractivity contribution is 8.00. The number of carbonyl (C=O) groups is 1. The van der Waals surface area contributed by atoms with Crippen LogP contribution in [-0.2, 0) is 18.4 Å². The SMILES string of the molecule is Cc1nc(S[C@H](C)C(=O)Nc2ccc3ccccc3c2)c2c(=O)n(C)c(=O)n(CC(C)C)c2n1. The Bertz CT molecular complexity index is 1520. The molecule has 4 aromatic rings. The molecule has 0 aliphatic heterocycles. The van der Waals surface area contributed by atoms with E-state index in [0.717, 1.165) is 15.3 Å². The second-order valence-corrected chi connectivity index (χ2v) is 10.1. The summed E-state index contributed by atoms with van der Waals surface area (Å²) in [6.07, 6.45) is 0. The Labute approximate surface area is 201 Å². The number of hydrogen-bond acceptors (Lipinski definition) is 6. The summed E-state index contributed by atoms with van der Waals surface area (Å²) in [6.45, 7) is 7.88. The molecule has 0 saturated heterocycles. The Kier molecular flexibility index (Phi) is 6.56. The number of aromatic nitrogens is 4. The molecule has 2 aromatic carbocycles. The molecule has 1 N–H and O–H groups in total. The summed E-state index contributed by atoms with van der Waals surface area (Å²) in [5.41, 5.74) is 0.118. The van der Waals surface area contributed by atoms with Gasteiger partial charge >= 0.3 is 5.69 Å². The number of hydrogen-bond donors (Lipinski definition) is 1. The van der Waals surface area contributed by atoms with Gasteiger partial charge in [0.2, 0.25) is 5.91 Å². The standard InChI is InChI=1S/C25H27N5O3S/c1-14(2)13-30-21-20(24(32)29(5)25(30)33)23(27-16(4)26-21)34-15(3)22(31)28-19-11-10-17-8-6-7-9-18(17)12-19/h6-12,14-15H,13H2,1-5H3,(H,28,31)/t15-/m1/s1. The number of carbonyl (C=O) groups excluding carboxylic acids is 1. The third-order valence-electron chi connectivity index (χ3n) is 5.48. The number of benzene rings is 2. The Hall–Kier alpha value is -3.46. The summed E-state index contributed by atoms with van der Waals surface area (Å²) in [4.78, 5) is 47.7. The fourth-order valence-corrected chi connectivity index (χ4v) is 4.77. The van der Waals surface area contributed by atoms with E-state index in [9.17, 15) is 14.4 Å². The molecule has 4 rings (SSSR count). The van der Waals surface area contributed by atoms with Crippen LogP contribution in [0.3, 0.4) is 0 Å². The van der Waals surface area contributed by atoms with Crippen molar-refractivity contribution in [2.75, 3.05) is 5.32 Å². The molecule has 9 heteroatoms.